The number of hydrogen-bond donors (Lipinski definition) is 1. The SMILES string of the molecule is NCc1cc([N+](=O)[O-])nc(C(F)F)c1I. The van der Waals surface area contributed by atoms with Crippen molar-refractivity contribution < 1.29 is 13.7 Å². The van der Waals surface area contributed by atoms with E-state index in [1.54, 1.807) is 22.6 Å². The third kappa shape index (κ3) is 2.56. The Hall–Kier alpha value is -0.900. The van der Waals surface area contributed by atoms with Crippen molar-refractivity contribution >= 4 is 28.4 Å². The fraction of sp³-hybridized carbons (Fsp3) is 0.286. The van der Waals surface area contributed by atoms with E-state index in [0.717, 1.165) is 6.07 Å². The molecule has 0 fully saturated rings. The van der Waals surface area contributed by atoms with Gasteiger partial charge in [0.15, 0.2) is 0 Å². The zero-order chi connectivity index (χ0) is 11.6. The molecule has 0 atom stereocenters. The minimum atomic E-state index is -2.85. The molecule has 82 valence electrons. The van der Waals surface area contributed by atoms with Gasteiger partial charge in [-0.05, 0) is 38.1 Å². The zero-order valence-electron chi connectivity index (χ0n) is 7.28. The average molecular weight is 329 g/mol. The van der Waals surface area contributed by atoms with Crippen LogP contribution in [0.2, 0.25) is 0 Å². The highest BCUT2D eigenvalue weighted by molar-refractivity contribution is 14.1. The summed E-state index contributed by atoms with van der Waals surface area (Å²) in [5.74, 6) is -0.605. The topological polar surface area (TPSA) is 82.0 Å². The van der Waals surface area contributed by atoms with Gasteiger partial charge in [0.2, 0.25) is 5.69 Å². The van der Waals surface area contributed by atoms with Gasteiger partial charge in [-0.1, -0.05) is 0 Å². The molecule has 0 bridgehead atoms. The number of nitro groups is 1. The quantitative estimate of drug-likeness (QED) is 0.522. The maximum Gasteiger partial charge on any atom is 0.364 e. The average Bonchev–Trinajstić information content (AvgIpc) is 2.17. The molecule has 0 aliphatic rings. The number of aromatic nitrogens is 1. The van der Waals surface area contributed by atoms with Crippen LogP contribution in [0.5, 0.6) is 0 Å². The maximum absolute atomic E-state index is 12.5. The van der Waals surface area contributed by atoms with Crippen molar-refractivity contribution in [3.63, 3.8) is 0 Å². The lowest BCUT2D eigenvalue weighted by atomic mass is 10.2. The highest BCUT2D eigenvalue weighted by Gasteiger charge is 2.25. The van der Waals surface area contributed by atoms with Crippen LogP contribution in [0.3, 0.4) is 0 Å². The minimum absolute atomic E-state index is 0.0403. The van der Waals surface area contributed by atoms with Gasteiger partial charge in [0.25, 0.3) is 0 Å². The van der Waals surface area contributed by atoms with E-state index in [2.05, 4.69) is 4.98 Å². The molecule has 1 aromatic heterocycles. The monoisotopic (exact) mass is 329 g/mol. The molecule has 5 nitrogen and oxygen atoms in total. The third-order valence-electron chi connectivity index (χ3n) is 1.66. The number of halogens is 3. The van der Waals surface area contributed by atoms with Gasteiger partial charge in [-0.25, -0.2) is 8.78 Å². The predicted octanol–water partition coefficient (Wildman–Crippen LogP) is 1.99. The summed E-state index contributed by atoms with van der Waals surface area (Å²) in [6.45, 7) is -0.0403. The van der Waals surface area contributed by atoms with Gasteiger partial charge in [-0.3, -0.25) is 0 Å². The van der Waals surface area contributed by atoms with Crippen LogP contribution in [-0.2, 0) is 6.54 Å². The second kappa shape index (κ2) is 4.75. The van der Waals surface area contributed by atoms with Crippen LogP contribution in [0.1, 0.15) is 17.7 Å². The van der Waals surface area contributed by atoms with Crippen LogP contribution in [0.25, 0.3) is 0 Å². The van der Waals surface area contributed by atoms with Crippen LogP contribution in [-0.4, -0.2) is 9.91 Å². The second-order valence-electron chi connectivity index (χ2n) is 2.60. The van der Waals surface area contributed by atoms with E-state index in [-0.39, 0.29) is 10.1 Å². The number of alkyl halides is 2. The molecule has 8 heteroatoms. The van der Waals surface area contributed by atoms with E-state index in [1.807, 2.05) is 0 Å². The molecule has 2 N–H and O–H groups in total. The first-order chi connectivity index (χ1) is 6.97. The van der Waals surface area contributed by atoms with Gasteiger partial charge >= 0.3 is 12.2 Å². The highest BCUT2D eigenvalue weighted by Crippen LogP contribution is 2.27. The molecule has 0 radical (unpaired) electrons. The van der Waals surface area contributed by atoms with Crippen LogP contribution < -0.4 is 5.73 Å². The van der Waals surface area contributed by atoms with Crippen molar-refractivity contribution in [2.24, 2.45) is 5.73 Å². The number of hydrogen-bond acceptors (Lipinski definition) is 4. The predicted molar refractivity (Wildman–Crippen MR) is 56.5 cm³/mol. The van der Waals surface area contributed by atoms with Crippen molar-refractivity contribution in [2.45, 2.75) is 13.0 Å². The Morgan fingerprint density at radius 1 is 1.67 bits per heavy atom. The Kier molecular flexibility index (Phi) is 3.85. The molecule has 1 aromatic rings. The van der Waals surface area contributed by atoms with E-state index >= 15 is 0 Å². The maximum atomic E-state index is 12.5. The molecular formula is C7H6F2IN3O2. The van der Waals surface area contributed by atoms with Crippen LogP contribution >= 0.6 is 22.6 Å². The van der Waals surface area contributed by atoms with E-state index in [4.69, 9.17) is 5.73 Å². The van der Waals surface area contributed by atoms with Gasteiger partial charge in [0, 0.05) is 12.6 Å². The summed E-state index contributed by atoms with van der Waals surface area (Å²) in [5, 5.41) is 10.4. The standard InChI is InChI=1S/C7H6F2IN3O2/c8-7(9)6-5(10)3(2-11)1-4(12-6)13(14)15/h1,7H,2,11H2. The van der Waals surface area contributed by atoms with Crippen molar-refractivity contribution in [3.05, 3.63) is 31.0 Å². The van der Waals surface area contributed by atoms with Crippen LogP contribution in [0, 0.1) is 13.7 Å². The van der Waals surface area contributed by atoms with E-state index in [1.165, 1.54) is 0 Å². The molecule has 0 unspecified atom stereocenters. The van der Waals surface area contributed by atoms with Crippen LogP contribution in [0.15, 0.2) is 6.07 Å². The summed E-state index contributed by atoms with van der Waals surface area (Å²) in [7, 11) is 0. The number of rotatable bonds is 3. The minimum Gasteiger partial charge on any atom is -0.358 e. The molecule has 0 spiro atoms. The van der Waals surface area contributed by atoms with Gasteiger partial charge in [0.05, 0.1) is 3.57 Å². The zero-order valence-corrected chi connectivity index (χ0v) is 9.44. The lowest BCUT2D eigenvalue weighted by Crippen LogP contribution is -2.07. The molecule has 15 heavy (non-hydrogen) atoms. The molecular weight excluding hydrogens is 323 g/mol. The van der Waals surface area contributed by atoms with Crippen molar-refractivity contribution in [2.75, 3.05) is 0 Å². The summed E-state index contributed by atoms with van der Waals surface area (Å²) >= 11 is 1.65. The van der Waals surface area contributed by atoms with Gasteiger partial charge in [-0.15, -0.1) is 0 Å². The summed E-state index contributed by atoms with van der Waals surface area (Å²) in [4.78, 5) is 12.9. The Morgan fingerprint density at radius 2 is 2.27 bits per heavy atom. The number of nitrogens with two attached hydrogens (primary N) is 1. The summed E-state index contributed by atoms with van der Waals surface area (Å²) < 4.78 is 25.1. The Labute approximate surface area is 97.0 Å². The number of pyridine rings is 1. The van der Waals surface area contributed by atoms with Crippen LogP contribution in [0.4, 0.5) is 14.6 Å². The van der Waals surface area contributed by atoms with Crippen molar-refractivity contribution in [1.82, 2.24) is 4.98 Å². The van der Waals surface area contributed by atoms with Gasteiger partial charge in [-0.2, -0.15) is 0 Å². The van der Waals surface area contributed by atoms with E-state index in [0.29, 0.717) is 5.56 Å². The van der Waals surface area contributed by atoms with E-state index in [9.17, 15) is 18.9 Å². The molecule has 1 rings (SSSR count). The molecule has 0 saturated carbocycles. The summed E-state index contributed by atoms with van der Waals surface area (Å²) in [6.07, 6.45) is -2.85. The Morgan fingerprint density at radius 3 is 2.67 bits per heavy atom. The first-order valence-electron chi connectivity index (χ1n) is 3.79. The van der Waals surface area contributed by atoms with Gasteiger partial charge in [0.1, 0.15) is 0 Å². The van der Waals surface area contributed by atoms with Crippen molar-refractivity contribution in [3.8, 4) is 0 Å². The smallest absolute Gasteiger partial charge is 0.358 e. The molecule has 1 heterocycles. The highest BCUT2D eigenvalue weighted by atomic mass is 127. The van der Waals surface area contributed by atoms with Gasteiger partial charge < -0.3 is 15.8 Å². The lowest BCUT2D eigenvalue weighted by molar-refractivity contribution is -0.389. The number of nitrogens with zero attached hydrogens (tertiary/aromatic N) is 2. The first-order valence-corrected chi connectivity index (χ1v) is 4.87. The van der Waals surface area contributed by atoms with Crippen molar-refractivity contribution in [1.29, 1.82) is 0 Å². The molecule has 0 aromatic carbocycles. The third-order valence-corrected chi connectivity index (χ3v) is 2.90. The second-order valence-corrected chi connectivity index (χ2v) is 3.68. The molecule has 0 saturated heterocycles. The Balaban J connectivity index is 3.38. The largest absolute Gasteiger partial charge is 0.364 e. The normalized spacial score (nSPS) is 10.7. The first kappa shape index (κ1) is 12.2. The fourth-order valence-electron chi connectivity index (χ4n) is 0.975. The van der Waals surface area contributed by atoms with E-state index < -0.39 is 22.9 Å². The molecule has 0 aliphatic heterocycles. The fourth-order valence-corrected chi connectivity index (χ4v) is 1.71. The summed E-state index contributed by atoms with van der Waals surface area (Å²) in [6, 6.07) is 1.10. The molecule has 0 amide bonds. The molecule has 0 aliphatic carbocycles. The summed E-state index contributed by atoms with van der Waals surface area (Å²) in [5.41, 5.74) is 4.99. The lowest BCUT2D eigenvalue weighted by Gasteiger charge is -2.04. The Bertz CT molecular complexity index is 400.